The number of aryl methyl sites for hydroxylation is 1. The monoisotopic (exact) mass is 285 g/mol. The fourth-order valence-electron chi connectivity index (χ4n) is 2.07. The number of benzene rings is 2. The lowest BCUT2D eigenvalue weighted by molar-refractivity contribution is 0.257. The SMILES string of the molecule is CCN(C(=O)Nc1ccc(N)cc1)c1cc(O)ccc1C. The van der Waals surface area contributed by atoms with Crippen molar-refractivity contribution in [2.75, 3.05) is 22.5 Å². The largest absolute Gasteiger partial charge is 0.508 e. The van der Waals surface area contributed by atoms with E-state index in [0.29, 0.717) is 23.6 Å². The fourth-order valence-corrected chi connectivity index (χ4v) is 2.07. The Hall–Kier alpha value is -2.69. The minimum absolute atomic E-state index is 0.134. The zero-order chi connectivity index (χ0) is 15.4. The molecule has 0 heterocycles. The first kappa shape index (κ1) is 14.7. The Balaban J connectivity index is 2.22. The van der Waals surface area contributed by atoms with Crippen LogP contribution >= 0.6 is 0 Å². The number of nitrogens with zero attached hydrogens (tertiary/aromatic N) is 1. The topological polar surface area (TPSA) is 78.6 Å². The van der Waals surface area contributed by atoms with Crippen LogP contribution in [0.25, 0.3) is 0 Å². The van der Waals surface area contributed by atoms with Gasteiger partial charge in [-0.15, -0.1) is 0 Å². The molecule has 0 saturated heterocycles. The molecule has 5 nitrogen and oxygen atoms in total. The molecule has 2 aromatic rings. The number of nitrogens with one attached hydrogen (secondary N) is 1. The summed E-state index contributed by atoms with van der Waals surface area (Å²) in [5, 5.41) is 12.4. The number of hydrogen-bond acceptors (Lipinski definition) is 3. The minimum atomic E-state index is -0.254. The Labute approximate surface area is 124 Å². The van der Waals surface area contributed by atoms with Gasteiger partial charge in [-0.25, -0.2) is 4.79 Å². The van der Waals surface area contributed by atoms with Gasteiger partial charge in [0, 0.05) is 24.0 Å². The first-order valence-corrected chi connectivity index (χ1v) is 6.75. The average Bonchev–Trinajstić information content (AvgIpc) is 2.46. The lowest BCUT2D eigenvalue weighted by atomic mass is 10.1. The number of nitrogen functional groups attached to an aromatic ring is 1. The lowest BCUT2D eigenvalue weighted by Gasteiger charge is -2.23. The van der Waals surface area contributed by atoms with Crippen molar-refractivity contribution in [1.82, 2.24) is 0 Å². The lowest BCUT2D eigenvalue weighted by Crippen LogP contribution is -2.35. The molecule has 21 heavy (non-hydrogen) atoms. The van der Waals surface area contributed by atoms with Crippen LogP contribution < -0.4 is 16.0 Å². The highest BCUT2D eigenvalue weighted by Gasteiger charge is 2.16. The van der Waals surface area contributed by atoms with E-state index >= 15 is 0 Å². The number of urea groups is 1. The van der Waals surface area contributed by atoms with Crippen molar-refractivity contribution in [2.45, 2.75) is 13.8 Å². The van der Waals surface area contributed by atoms with Crippen LogP contribution in [0.3, 0.4) is 0 Å². The van der Waals surface area contributed by atoms with Crippen molar-refractivity contribution in [2.24, 2.45) is 0 Å². The van der Waals surface area contributed by atoms with Crippen LogP contribution in [0.15, 0.2) is 42.5 Å². The van der Waals surface area contributed by atoms with Crippen molar-refractivity contribution in [3.05, 3.63) is 48.0 Å². The smallest absolute Gasteiger partial charge is 0.326 e. The third kappa shape index (κ3) is 3.45. The summed E-state index contributed by atoms with van der Waals surface area (Å²) in [5.41, 5.74) is 8.54. The summed E-state index contributed by atoms with van der Waals surface area (Å²) in [5.74, 6) is 0.134. The zero-order valence-electron chi connectivity index (χ0n) is 12.1. The number of hydrogen-bond donors (Lipinski definition) is 3. The van der Waals surface area contributed by atoms with Gasteiger partial charge in [-0.2, -0.15) is 0 Å². The van der Waals surface area contributed by atoms with Gasteiger partial charge in [0.25, 0.3) is 0 Å². The van der Waals surface area contributed by atoms with E-state index in [4.69, 9.17) is 5.73 Å². The van der Waals surface area contributed by atoms with Crippen LogP contribution in [0.1, 0.15) is 12.5 Å². The first-order chi connectivity index (χ1) is 10.0. The maximum Gasteiger partial charge on any atom is 0.326 e. The number of nitrogens with two attached hydrogens (primary N) is 1. The van der Waals surface area contributed by atoms with Crippen molar-refractivity contribution in [3.8, 4) is 5.75 Å². The number of carbonyl (C=O) groups is 1. The molecule has 0 unspecified atom stereocenters. The van der Waals surface area contributed by atoms with Gasteiger partial charge in [0.1, 0.15) is 5.75 Å². The summed E-state index contributed by atoms with van der Waals surface area (Å²) < 4.78 is 0. The molecule has 2 amide bonds. The molecule has 0 aliphatic heterocycles. The maximum absolute atomic E-state index is 12.4. The normalized spacial score (nSPS) is 10.2. The number of anilines is 3. The van der Waals surface area contributed by atoms with Gasteiger partial charge < -0.3 is 16.2 Å². The molecule has 0 aromatic heterocycles. The van der Waals surface area contributed by atoms with E-state index in [2.05, 4.69) is 5.32 Å². The van der Waals surface area contributed by atoms with Crippen molar-refractivity contribution < 1.29 is 9.90 Å². The average molecular weight is 285 g/mol. The van der Waals surface area contributed by atoms with E-state index in [-0.39, 0.29) is 11.8 Å². The Kier molecular flexibility index (Phi) is 4.33. The van der Waals surface area contributed by atoms with Crippen LogP contribution in [0.4, 0.5) is 21.9 Å². The van der Waals surface area contributed by atoms with Gasteiger partial charge in [-0.3, -0.25) is 4.90 Å². The number of aromatic hydroxyl groups is 1. The Morgan fingerprint density at radius 3 is 2.52 bits per heavy atom. The second kappa shape index (κ2) is 6.17. The first-order valence-electron chi connectivity index (χ1n) is 6.75. The van der Waals surface area contributed by atoms with Crippen molar-refractivity contribution >= 4 is 23.1 Å². The number of rotatable bonds is 3. The van der Waals surface area contributed by atoms with Gasteiger partial charge in [0.15, 0.2) is 0 Å². The Morgan fingerprint density at radius 1 is 1.24 bits per heavy atom. The summed E-state index contributed by atoms with van der Waals surface area (Å²) in [6.45, 7) is 4.27. The summed E-state index contributed by atoms with van der Waals surface area (Å²) in [7, 11) is 0. The van der Waals surface area contributed by atoms with Crippen LogP contribution in [0.2, 0.25) is 0 Å². The molecule has 0 bridgehead atoms. The van der Waals surface area contributed by atoms with Gasteiger partial charge in [0.05, 0.1) is 5.69 Å². The van der Waals surface area contributed by atoms with E-state index in [0.717, 1.165) is 5.56 Å². The van der Waals surface area contributed by atoms with E-state index in [1.165, 1.54) is 0 Å². The standard InChI is InChI=1S/C16H19N3O2/c1-3-19(15-10-14(20)9-4-11(15)2)16(21)18-13-7-5-12(17)6-8-13/h4-10,20H,3,17H2,1-2H3,(H,18,21). The summed E-state index contributed by atoms with van der Waals surface area (Å²) >= 11 is 0. The molecule has 0 spiro atoms. The second-order valence-corrected chi connectivity index (χ2v) is 4.77. The third-order valence-electron chi connectivity index (χ3n) is 3.21. The van der Waals surface area contributed by atoms with Crippen molar-refractivity contribution in [3.63, 3.8) is 0 Å². The molecule has 0 aliphatic carbocycles. The predicted molar refractivity (Wildman–Crippen MR) is 85.7 cm³/mol. The molecule has 0 aliphatic rings. The van der Waals surface area contributed by atoms with Crippen LogP contribution in [-0.4, -0.2) is 17.7 Å². The van der Waals surface area contributed by atoms with E-state index in [9.17, 15) is 9.90 Å². The number of phenolic OH excluding ortho intramolecular Hbond substituents is 1. The summed E-state index contributed by atoms with van der Waals surface area (Å²) in [6, 6.07) is 11.7. The number of phenols is 1. The molecule has 5 heteroatoms. The summed E-state index contributed by atoms with van der Waals surface area (Å²) in [6.07, 6.45) is 0. The van der Waals surface area contributed by atoms with E-state index in [1.807, 2.05) is 13.8 Å². The van der Waals surface area contributed by atoms with Crippen LogP contribution in [0, 0.1) is 6.92 Å². The quantitative estimate of drug-likeness (QED) is 0.757. The van der Waals surface area contributed by atoms with Crippen LogP contribution in [-0.2, 0) is 0 Å². The van der Waals surface area contributed by atoms with Gasteiger partial charge in [-0.1, -0.05) is 6.07 Å². The summed E-state index contributed by atoms with van der Waals surface area (Å²) in [4.78, 5) is 14.0. The molecule has 0 saturated carbocycles. The highest BCUT2D eigenvalue weighted by Crippen LogP contribution is 2.25. The second-order valence-electron chi connectivity index (χ2n) is 4.77. The van der Waals surface area contributed by atoms with Gasteiger partial charge in [0.2, 0.25) is 0 Å². The molecule has 0 fully saturated rings. The van der Waals surface area contributed by atoms with Crippen molar-refractivity contribution in [1.29, 1.82) is 0 Å². The molecule has 4 N–H and O–H groups in total. The van der Waals surface area contributed by atoms with Gasteiger partial charge >= 0.3 is 6.03 Å². The zero-order valence-corrected chi connectivity index (χ0v) is 12.1. The predicted octanol–water partition coefficient (Wildman–Crippen LogP) is 3.34. The maximum atomic E-state index is 12.4. The molecule has 2 aromatic carbocycles. The van der Waals surface area contributed by atoms with Crippen LogP contribution in [0.5, 0.6) is 5.75 Å². The number of carbonyl (C=O) groups excluding carboxylic acids is 1. The third-order valence-corrected chi connectivity index (χ3v) is 3.21. The molecular weight excluding hydrogens is 266 g/mol. The van der Waals surface area contributed by atoms with E-state index in [1.54, 1.807) is 47.4 Å². The van der Waals surface area contributed by atoms with E-state index < -0.39 is 0 Å². The molecule has 110 valence electrons. The molecule has 0 atom stereocenters. The minimum Gasteiger partial charge on any atom is -0.508 e. The van der Waals surface area contributed by atoms with Gasteiger partial charge in [-0.05, 0) is 49.7 Å². The highest BCUT2D eigenvalue weighted by atomic mass is 16.3. The fraction of sp³-hybridized carbons (Fsp3) is 0.188. The molecular formula is C16H19N3O2. The molecule has 2 rings (SSSR count). The highest BCUT2D eigenvalue weighted by molar-refractivity contribution is 6.02. The molecule has 0 radical (unpaired) electrons. The Bertz CT molecular complexity index is 638. The Morgan fingerprint density at radius 2 is 1.90 bits per heavy atom. The number of amides is 2.